The predicted octanol–water partition coefficient (Wildman–Crippen LogP) is 9.87. The quantitative estimate of drug-likeness (QED) is 0.205. The SMILES string of the molecule is c1cc2sc3ccc4cc3c2cc1CCCCc1ccc2sc3ccc(cc3c2c1)CCCC4. The van der Waals surface area contributed by atoms with E-state index in [4.69, 9.17) is 0 Å². The number of hydrogen-bond donors (Lipinski definition) is 0. The number of aryl methyl sites for hydroxylation is 4. The van der Waals surface area contributed by atoms with Crippen LogP contribution in [0.5, 0.6) is 0 Å². The Morgan fingerprint density at radius 3 is 0.882 bits per heavy atom. The van der Waals surface area contributed by atoms with Crippen molar-refractivity contribution in [2.45, 2.75) is 51.4 Å². The Bertz CT molecular complexity index is 1420. The van der Waals surface area contributed by atoms with Crippen LogP contribution in [0, 0.1) is 0 Å². The lowest BCUT2D eigenvalue weighted by Crippen LogP contribution is -1.91. The van der Waals surface area contributed by atoms with Gasteiger partial charge in [-0.15, -0.1) is 22.7 Å². The van der Waals surface area contributed by atoms with Gasteiger partial charge in [-0.05, 0) is 122 Å². The summed E-state index contributed by atoms with van der Waals surface area (Å²) in [6.45, 7) is 0. The van der Waals surface area contributed by atoms with E-state index in [1.165, 1.54) is 114 Å². The molecule has 0 amide bonds. The second kappa shape index (κ2) is 8.52. The summed E-state index contributed by atoms with van der Waals surface area (Å²) in [7, 11) is 0. The summed E-state index contributed by atoms with van der Waals surface area (Å²) in [5.41, 5.74) is 5.94. The fraction of sp³-hybridized carbons (Fsp3) is 0.250. The van der Waals surface area contributed by atoms with Crippen LogP contribution in [0.2, 0.25) is 0 Å². The van der Waals surface area contributed by atoms with Gasteiger partial charge in [0.05, 0.1) is 0 Å². The largest absolute Gasteiger partial charge is 0.135 e. The second-order valence-corrected chi connectivity index (χ2v) is 12.1. The molecule has 2 heterocycles. The normalized spacial score (nSPS) is 15.3. The zero-order chi connectivity index (χ0) is 22.5. The Balaban J connectivity index is 1.26. The topological polar surface area (TPSA) is 0 Å². The maximum Gasteiger partial charge on any atom is 0.0355 e. The third-order valence-electron chi connectivity index (χ3n) is 7.56. The molecule has 0 spiro atoms. The minimum absolute atomic E-state index is 1.17. The van der Waals surface area contributed by atoms with E-state index in [1.54, 1.807) is 0 Å². The van der Waals surface area contributed by atoms with Crippen LogP contribution in [0.15, 0.2) is 72.8 Å². The average molecular weight is 477 g/mol. The molecule has 0 saturated heterocycles. The van der Waals surface area contributed by atoms with Gasteiger partial charge in [-0.25, -0.2) is 0 Å². The molecule has 8 bridgehead atoms. The zero-order valence-electron chi connectivity index (χ0n) is 19.4. The standard InChI is InChI=1S/C32H28S2/c1-2-6-22-10-14-30-26(18-22)28-20-24(12-16-32(28)34-30)8-4-3-7-23-11-15-31-27(19-23)25-17-21(5-1)9-13-29(25)33-31/h9-20H,1-8H2. The van der Waals surface area contributed by atoms with E-state index in [0.717, 1.165) is 0 Å². The summed E-state index contributed by atoms with van der Waals surface area (Å²) in [6.07, 6.45) is 9.63. The molecule has 2 heteroatoms. The molecule has 34 heavy (non-hydrogen) atoms. The zero-order valence-corrected chi connectivity index (χ0v) is 21.0. The Labute approximate surface area is 208 Å². The predicted molar refractivity (Wildman–Crippen MR) is 152 cm³/mol. The van der Waals surface area contributed by atoms with Crippen LogP contribution in [0.4, 0.5) is 0 Å². The molecule has 0 atom stereocenters. The monoisotopic (exact) mass is 476 g/mol. The van der Waals surface area contributed by atoms with Crippen LogP contribution >= 0.6 is 22.7 Å². The summed E-state index contributed by atoms with van der Waals surface area (Å²) in [4.78, 5) is 0. The fourth-order valence-corrected chi connectivity index (χ4v) is 7.82. The van der Waals surface area contributed by atoms with Crippen molar-refractivity contribution in [3.05, 3.63) is 95.1 Å². The summed E-state index contributed by atoms with van der Waals surface area (Å²) in [6, 6.07) is 28.7. The smallest absolute Gasteiger partial charge is 0.0355 e. The second-order valence-electron chi connectivity index (χ2n) is 9.94. The van der Waals surface area contributed by atoms with Gasteiger partial charge in [0.25, 0.3) is 0 Å². The van der Waals surface area contributed by atoms with Gasteiger partial charge in [-0.3, -0.25) is 0 Å². The first-order valence-electron chi connectivity index (χ1n) is 12.7. The number of hydrogen-bond acceptors (Lipinski definition) is 2. The number of benzene rings is 4. The molecule has 1 aliphatic carbocycles. The highest BCUT2D eigenvalue weighted by Gasteiger charge is 2.10. The summed E-state index contributed by atoms with van der Waals surface area (Å²) in [5.74, 6) is 0. The molecule has 168 valence electrons. The van der Waals surface area contributed by atoms with Crippen molar-refractivity contribution in [2.75, 3.05) is 0 Å². The molecule has 0 fully saturated rings. The van der Waals surface area contributed by atoms with E-state index in [0.29, 0.717) is 0 Å². The highest BCUT2D eigenvalue weighted by Crippen LogP contribution is 2.37. The third-order valence-corrected chi connectivity index (χ3v) is 9.86. The molecule has 1 aliphatic rings. The lowest BCUT2D eigenvalue weighted by molar-refractivity contribution is 0.735. The van der Waals surface area contributed by atoms with Crippen molar-refractivity contribution >= 4 is 63.0 Å². The molecule has 0 aliphatic heterocycles. The lowest BCUT2D eigenvalue weighted by atomic mass is 9.98. The first-order chi connectivity index (χ1) is 16.8. The van der Waals surface area contributed by atoms with Gasteiger partial charge in [-0.1, -0.05) is 24.3 Å². The summed E-state index contributed by atoms with van der Waals surface area (Å²) >= 11 is 3.88. The highest BCUT2D eigenvalue weighted by atomic mass is 32.1. The van der Waals surface area contributed by atoms with E-state index < -0.39 is 0 Å². The number of thiophene rings is 2. The molecule has 4 aromatic carbocycles. The summed E-state index contributed by atoms with van der Waals surface area (Å²) in [5, 5.41) is 5.82. The molecule has 6 aromatic rings. The van der Waals surface area contributed by atoms with Crippen LogP contribution in [0.3, 0.4) is 0 Å². The number of fused-ring (bicyclic) bond motifs is 4. The van der Waals surface area contributed by atoms with Gasteiger partial charge in [0.2, 0.25) is 0 Å². The van der Waals surface area contributed by atoms with E-state index >= 15 is 0 Å². The molecule has 0 radical (unpaired) electrons. The van der Waals surface area contributed by atoms with Crippen LogP contribution in [-0.4, -0.2) is 0 Å². The third kappa shape index (κ3) is 3.74. The van der Waals surface area contributed by atoms with Gasteiger partial charge < -0.3 is 0 Å². The fourth-order valence-electron chi connectivity index (χ4n) is 5.68. The van der Waals surface area contributed by atoms with E-state index in [-0.39, 0.29) is 0 Å². The van der Waals surface area contributed by atoms with E-state index in [1.807, 2.05) is 22.7 Å². The van der Waals surface area contributed by atoms with Crippen molar-refractivity contribution in [2.24, 2.45) is 0 Å². The van der Waals surface area contributed by atoms with Gasteiger partial charge in [-0.2, -0.15) is 0 Å². The molecular weight excluding hydrogens is 448 g/mol. The van der Waals surface area contributed by atoms with Crippen molar-refractivity contribution in [3.63, 3.8) is 0 Å². The van der Waals surface area contributed by atoms with Crippen LogP contribution in [-0.2, 0) is 25.7 Å². The van der Waals surface area contributed by atoms with E-state index in [2.05, 4.69) is 72.8 Å². The molecule has 0 N–H and O–H groups in total. The van der Waals surface area contributed by atoms with Crippen LogP contribution in [0.1, 0.15) is 47.9 Å². The summed E-state index contributed by atoms with van der Waals surface area (Å²) < 4.78 is 5.70. The minimum Gasteiger partial charge on any atom is -0.135 e. The van der Waals surface area contributed by atoms with E-state index in [9.17, 15) is 0 Å². The molecule has 2 aromatic heterocycles. The average Bonchev–Trinajstić information content (AvgIpc) is 3.41. The van der Waals surface area contributed by atoms with Crippen LogP contribution < -0.4 is 0 Å². The number of rotatable bonds is 0. The first kappa shape index (κ1) is 20.7. The van der Waals surface area contributed by atoms with Crippen molar-refractivity contribution in [1.29, 1.82) is 0 Å². The van der Waals surface area contributed by atoms with Crippen molar-refractivity contribution in [3.8, 4) is 0 Å². The van der Waals surface area contributed by atoms with Gasteiger partial charge in [0.1, 0.15) is 0 Å². The Morgan fingerprint density at radius 1 is 0.353 bits per heavy atom. The van der Waals surface area contributed by atoms with Gasteiger partial charge >= 0.3 is 0 Å². The maximum absolute atomic E-state index is 2.47. The van der Waals surface area contributed by atoms with Gasteiger partial charge in [0.15, 0.2) is 0 Å². The first-order valence-corrected chi connectivity index (χ1v) is 14.3. The Kier molecular flexibility index (Phi) is 5.18. The Morgan fingerprint density at radius 2 is 0.618 bits per heavy atom. The lowest BCUT2D eigenvalue weighted by Gasteiger charge is -2.06. The minimum atomic E-state index is 1.17. The molecule has 0 nitrogen and oxygen atoms in total. The molecule has 7 rings (SSSR count). The van der Waals surface area contributed by atoms with Crippen LogP contribution in [0.25, 0.3) is 40.3 Å². The Hall–Kier alpha value is -2.68. The maximum atomic E-state index is 2.47. The van der Waals surface area contributed by atoms with Gasteiger partial charge in [0, 0.05) is 40.3 Å². The van der Waals surface area contributed by atoms with Crippen molar-refractivity contribution < 1.29 is 0 Å². The highest BCUT2D eigenvalue weighted by molar-refractivity contribution is 7.26. The van der Waals surface area contributed by atoms with Crippen molar-refractivity contribution in [1.82, 2.24) is 0 Å². The molecular formula is C32H28S2. The molecule has 0 unspecified atom stereocenters. The molecule has 0 saturated carbocycles.